The Morgan fingerprint density at radius 3 is 2.11 bits per heavy atom. The number of rotatable bonds is 10. The van der Waals surface area contributed by atoms with Crippen molar-refractivity contribution in [3.8, 4) is 0 Å². The van der Waals surface area contributed by atoms with Crippen LogP contribution in [0.25, 0.3) is 0 Å². The Kier molecular flexibility index (Phi) is 8.77. The summed E-state index contributed by atoms with van der Waals surface area (Å²) < 4.78 is 0. The maximum Gasteiger partial charge on any atom is -0.00205 e. The molecule has 0 heterocycles. The summed E-state index contributed by atoms with van der Waals surface area (Å²) in [6.07, 6.45) is 18.4. The fraction of sp³-hybridized carbons (Fsp3) is 1.00. The van der Waals surface area contributed by atoms with Gasteiger partial charge in [0.25, 0.3) is 0 Å². The first-order valence-corrected chi connectivity index (χ1v) is 8.96. The van der Waals surface area contributed by atoms with Crippen molar-refractivity contribution in [2.24, 2.45) is 17.1 Å². The Balaban J connectivity index is 2.18. The van der Waals surface area contributed by atoms with E-state index in [0.29, 0.717) is 5.41 Å². The van der Waals surface area contributed by atoms with Crippen molar-refractivity contribution in [3.63, 3.8) is 0 Å². The average molecular weight is 268 g/mol. The molecule has 0 unspecified atom stereocenters. The third-order valence-corrected chi connectivity index (χ3v) is 5.36. The highest BCUT2D eigenvalue weighted by Crippen LogP contribution is 2.43. The second-order valence-corrected chi connectivity index (χ2v) is 6.95. The molecule has 1 heteroatoms. The van der Waals surface area contributed by atoms with Gasteiger partial charge in [0, 0.05) is 0 Å². The van der Waals surface area contributed by atoms with Crippen LogP contribution >= 0.6 is 0 Å². The molecule has 2 N–H and O–H groups in total. The van der Waals surface area contributed by atoms with Gasteiger partial charge in [-0.15, -0.1) is 0 Å². The fourth-order valence-electron chi connectivity index (χ4n) is 3.82. The van der Waals surface area contributed by atoms with E-state index in [1.807, 2.05) is 0 Å². The molecule has 1 saturated carbocycles. The highest BCUT2D eigenvalue weighted by Gasteiger charge is 2.33. The predicted molar refractivity (Wildman–Crippen MR) is 86.3 cm³/mol. The minimum absolute atomic E-state index is 0.523. The Labute approximate surface area is 121 Å². The molecule has 1 fully saturated rings. The zero-order valence-electron chi connectivity index (χ0n) is 13.6. The van der Waals surface area contributed by atoms with Crippen LogP contribution in [0.3, 0.4) is 0 Å². The van der Waals surface area contributed by atoms with E-state index >= 15 is 0 Å². The molecule has 0 saturated heterocycles. The zero-order chi connectivity index (χ0) is 14.0. The van der Waals surface area contributed by atoms with Gasteiger partial charge in [-0.25, -0.2) is 0 Å². The van der Waals surface area contributed by atoms with Crippen molar-refractivity contribution in [1.82, 2.24) is 0 Å². The smallest absolute Gasteiger partial charge is 0.00205 e. The molecule has 1 aliphatic carbocycles. The summed E-state index contributed by atoms with van der Waals surface area (Å²) in [7, 11) is 0. The molecule has 1 nitrogen and oxygen atoms in total. The van der Waals surface area contributed by atoms with Gasteiger partial charge in [-0.3, -0.25) is 0 Å². The van der Waals surface area contributed by atoms with Crippen LogP contribution in [-0.2, 0) is 0 Å². The van der Waals surface area contributed by atoms with Gasteiger partial charge < -0.3 is 5.73 Å². The topological polar surface area (TPSA) is 26.0 Å². The SMILES string of the molecule is CCCCCCCCC1(CN)CCC(CCC)CC1. The minimum atomic E-state index is 0.523. The second-order valence-electron chi connectivity index (χ2n) is 6.95. The summed E-state index contributed by atoms with van der Waals surface area (Å²) in [5, 5.41) is 0. The summed E-state index contributed by atoms with van der Waals surface area (Å²) in [5.41, 5.74) is 6.64. The number of nitrogens with two attached hydrogens (primary N) is 1. The van der Waals surface area contributed by atoms with Crippen LogP contribution in [0, 0.1) is 11.3 Å². The molecule has 0 aromatic rings. The van der Waals surface area contributed by atoms with Crippen molar-refractivity contribution < 1.29 is 0 Å². The van der Waals surface area contributed by atoms with Gasteiger partial charge in [-0.05, 0) is 50.0 Å². The quantitative estimate of drug-likeness (QED) is 0.507. The maximum absolute atomic E-state index is 6.12. The van der Waals surface area contributed by atoms with Gasteiger partial charge in [0.1, 0.15) is 0 Å². The lowest BCUT2D eigenvalue weighted by molar-refractivity contribution is 0.135. The van der Waals surface area contributed by atoms with Crippen molar-refractivity contribution in [3.05, 3.63) is 0 Å². The second kappa shape index (κ2) is 9.80. The molecule has 1 aliphatic rings. The Hall–Kier alpha value is -0.0400. The Bertz CT molecular complexity index is 204. The largest absolute Gasteiger partial charge is 0.330 e. The molecular formula is C18H37N. The first-order chi connectivity index (χ1) is 9.26. The van der Waals surface area contributed by atoms with Gasteiger partial charge in [0.2, 0.25) is 0 Å². The third kappa shape index (κ3) is 6.29. The zero-order valence-corrected chi connectivity index (χ0v) is 13.6. The molecule has 0 aromatic carbocycles. The number of hydrogen-bond donors (Lipinski definition) is 1. The first kappa shape index (κ1) is 17.0. The van der Waals surface area contributed by atoms with E-state index in [4.69, 9.17) is 5.73 Å². The molecule has 0 aliphatic heterocycles. The first-order valence-electron chi connectivity index (χ1n) is 8.96. The van der Waals surface area contributed by atoms with Gasteiger partial charge in [-0.2, -0.15) is 0 Å². The molecule has 0 atom stereocenters. The lowest BCUT2D eigenvalue weighted by Crippen LogP contribution is -2.34. The lowest BCUT2D eigenvalue weighted by atomic mass is 9.67. The monoisotopic (exact) mass is 267 g/mol. The summed E-state index contributed by atoms with van der Waals surface area (Å²) in [6.45, 7) is 5.54. The molecule has 0 spiro atoms. The van der Waals surface area contributed by atoms with E-state index in [0.717, 1.165) is 12.5 Å². The van der Waals surface area contributed by atoms with Crippen LogP contribution < -0.4 is 5.73 Å². The van der Waals surface area contributed by atoms with Crippen LogP contribution in [0.4, 0.5) is 0 Å². The molecule has 0 bridgehead atoms. The van der Waals surface area contributed by atoms with E-state index in [2.05, 4.69) is 13.8 Å². The standard InChI is InChI=1S/C18H37N/c1-3-5-6-7-8-9-13-18(16-19)14-11-17(10-4-2)12-15-18/h17H,3-16,19H2,1-2H3. The molecule has 1 rings (SSSR count). The summed E-state index contributed by atoms with van der Waals surface area (Å²) >= 11 is 0. The molecule has 0 radical (unpaired) electrons. The summed E-state index contributed by atoms with van der Waals surface area (Å²) in [4.78, 5) is 0. The van der Waals surface area contributed by atoms with Crippen LogP contribution in [0.2, 0.25) is 0 Å². The molecular weight excluding hydrogens is 230 g/mol. The van der Waals surface area contributed by atoms with Crippen LogP contribution in [0.1, 0.15) is 97.3 Å². The highest BCUT2D eigenvalue weighted by molar-refractivity contribution is 4.86. The van der Waals surface area contributed by atoms with Gasteiger partial charge in [-0.1, -0.05) is 65.2 Å². The van der Waals surface area contributed by atoms with Crippen LogP contribution in [-0.4, -0.2) is 6.54 Å². The summed E-state index contributed by atoms with van der Waals surface area (Å²) in [6, 6.07) is 0. The molecule has 114 valence electrons. The minimum Gasteiger partial charge on any atom is -0.330 e. The van der Waals surface area contributed by atoms with E-state index < -0.39 is 0 Å². The lowest BCUT2D eigenvalue weighted by Gasteiger charge is -2.39. The normalized spacial score (nSPS) is 27.6. The average Bonchev–Trinajstić information content (AvgIpc) is 2.45. The van der Waals surface area contributed by atoms with Crippen molar-refractivity contribution in [2.75, 3.05) is 6.54 Å². The molecule has 0 aromatic heterocycles. The van der Waals surface area contributed by atoms with Crippen molar-refractivity contribution in [1.29, 1.82) is 0 Å². The molecule has 0 amide bonds. The Morgan fingerprint density at radius 1 is 0.895 bits per heavy atom. The predicted octanol–water partition coefficient (Wildman–Crippen LogP) is 5.67. The van der Waals surface area contributed by atoms with Gasteiger partial charge in [0.15, 0.2) is 0 Å². The number of unbranched alkanes of at least 4 members (excludes halogenated alkanes) is 5. The Morgan fingerprint density at radius 2 is 1.53 bits per heavy atom. The third-order valence-electron chi connectivity index (χ3n) is 5.36. The number of hydrogen-bond acceptors (Lipinski definition) is 1. The van der Waals surface area contributed by atoms with Gasteiger partial charge >= 0.3 is 0 Å². The van der Waals surface area contributed by atoms with Crippen LogP contribution in [0.15, 0.2) is 0 Å². The van der Waals surface area contributed by atoms with Crippen LogP contribution in [0.5, 0.6) is 0 Å². The van der Waals surface area contributed by atoms with Gasteiger partial charge in [0.05, 0.1) is 0 Å². The maximum atomic E-state index is 6.12. The van der Waals surface area contributed by atoms with E-state index in [1.165, 1.54) is 83.5 Å². The highest BCUT2D eigenvalue weighted by atomic mass is 14.6. The molecule has 19 heavy (non-hydrogen) atoms. The van der Waals surface area contributed by atoms with E-state index in [1.54, 1.807) is 0 Å². The van der Waals surface area contributed by atoms with E-state index in [-0.39, 0.29) is 0 Å². The van der Waals surface area contributed by atoms with Crippen molar-refractivity contribution in [2.45, 2.75) is 97.3 Å². The van der Waals surface area contributed by atoms with Crippen molar-refractivity contribution >= 4 is 0 Å². The summed E-state index contributed by atoms with van der Waals surface area (Å²) in [5.74, 6) is 1.01. The van der Waals surface area contributed by atoms with E-state index in [9.17, 15) is 0 Å². The fourth-order valence-corrected chi connectivity index (χ4v) is 3.82.